The van der Waals surface area contributed by atoms with Crippen molar-refractivity contribution >= 4 is 5.84 Å². The molecule has 1 aromatic carbocycles. The van der Waals surface area contributed by atoms with Crippen molar-refractivity contribution < 1.29 is 9.94 Å². The molecule has 0 atom stereocenters. The topological polar surface area (TPSA) is 85.7 Å². The van der Waals surface area contributed by atoms with E-state index in [1.165, 1.54) is 0 Å². The fraction of sp³-hybridized carbons (Fsp3) is 0.333. The van der Waals surface area contributed by atoms with Crippen molar-refractivity contribution in [3.8, 4) is 5.75 Å². The van der Waals surface area contributed by atoms with E-state index in [2.05, 4.69) is 10.3 Å². The van der Waals surface area contributed by atoms with Crippen molar-refractivity contribution in [2.75, 3.05) is 6.61 Å². The second-order valence-electron chi connectivity index (χ2n) is 5.05. The van der Waals surface area contributed by atoms with Gasteiger partial charge in [-0.05, 0) is 42.7 Å². The number of nitrogens with zero attached hydrogens (tertiary/aromatic N) is 3. The number of hydrogen-bond donors (Lipinski definition) is 2. The highest BCUT2D eigenvalue weighted by Gasteiger charge is 2.09. The number of amidine groups is 1. The minimum absolute atomic E-state index is 0.100. The molecule has 0 aliphatic rings. The van der Waals surface area contributed by atoms with E-state index in [9.17, 15) is 0 Å². The fourth-order valence-corrected chi connectivity index (χ4v) is 2.26. The molecular formula is C15H20N4O2. The molecule has 0 aliphatic heterocycles. The van der Waals surface area contributed by atoms with Gasteiger partial charge in [0, 0.05) is 25.2 Å². The first kappa shape index (κ1) is 14.9. The van der Waals surface area contributed by atoms with Crippen molar-refractivity contribution in [1.82, 2.24) is 9.78 Å². The predicted molar refractivity (Wildman–Crippen MR) is 80.8 cm³/mol. The average molecular weight is 288 g/mol. The Labute approximate surface area is 123 Å². The number of oxime groups is 1. The van der Waals surface area contributed by atoms with Crippen LogP contribution in [-0.4, -0.2) is 27.4 Å². The van der Waals surface area contributed by atoms with Crippen LogP contribution in [0.2, 0.25) is 0 Å². The maximum Gasteiger partial charge on any atom is 0.170 e. The first-order valence-electron chi connectivity index (χ1n) is 6.70. The van der Waals surface area contributed by atoms with E-state index in [0.29, 0.717) is 12.2 Å². The minimum Gasteiger partial charge on any atom is -0.493 e. The lowest BCUT2D eigenvalue weighted by Gasteiger charge is -2.13. The molecule has 0 saturated heterocycles. The Kier molecular flexibility index (Phi) is 4.47. The zero-order valence-electron chi connectivity index (χ0n) is 12.5. The predicted octanol–water partition coefficient (Wildman–Crippen LogP) is 1.75. The summed E-state index contributed by atoms with van der Waals surface area (Å²) in [6.45, 7) is 4.47. The molecule has 0 fully saturated rings. The number of aryl methyl sites for hydroxylation is 3. The molecule has 0 bridgehead atoms. The summed E-state index contributed by atoms with van der Waals surface area (Å²) in [4.78, 5) is 0. The summed E-state index contributed by atoms with van der Waals surface area (Å²) in [5, 5.41) is 15.9. The maximum absolute atomic E-state index is 8.73. The quantitative estimate of drug-likeness (QED) is 0.380. The van der Waals surface area contributed by atoms with Crippen LogP contribution in [0.5, 0.6) is 5.75 Å². The van der Waals surface area contributed by atoms with Gasteiger partial charge in [0.25, 0.3) is 0 Å². The molecule has 0 saturated carbocycles. The van der Waals surface area contributed by atoms with Gasteiger partial charge in [-0.1, -0.05) is 5.16 Å². The molecule has 6 nitrogen and oxygen atoms in total. The van der Waals surface area contributed by atoms with Crippen molar-refractivity contribution in [2.24, 2.45) is 17.9 Å². The number of aromatic nitrogens is 2. The third-order valence-electron chi connectivity index (χ3n) is 3.26. The van der Waals surface area contributed by atoms with Crippen molar-refractivity contribution in [1.29, 1.82) is 0 Å². The molecule has 1 aromatic heterocycles. The first-order valence-corrected chi connectivity index (χ1v) is 6.70. The molecule has 0 unspecified atom stereocenters. The average Bonchev–Trinajstić information content (AvgIpc) is 2.86. The summed E-state index contributed by atoms with van der Waals surface area (Å²) in [5.74, 6) is 0.941. The molecule has 2 aromatic rings. The Bertz CT molecular complexity index is 638. The first-order chi connectivity index (χ1) is 10.0. The third kappa shape index (κ3) is 3.53. The van der Waals surface area contributed by atoms with E-state index in [-0.39, 0.29) is 5.84 Å². The highest BCUT2D eigenvalue weighted by Crippen LogP contribution is 2.25. The lowest BCUT2D eigenvalue weighted by Crippen LogP contribution is -2.14. The van der Waals surface area contributed by atoms with Crippen LogP contribution >= 0.6 is 0 Å². The van der Waals surface area contributed by atoms with Crippen LogP contribution in [0, 0.1) is 13.8 Å². The van der Waals surface area contributed by atoms with Gasteiger partial charge in [-0.25, -0.2) is 0 Å². The number of ether oxygens (including phenoxy) is 1. The van der Waals surface area contributed by atoms with Crippen LogP contribution in [0.1, 0.15) is 22.3 Å². The van der Waals surface area contributed by atoms with Crippen LogP contribution in [0.25, 0.3) is 0 Å². The molecule has 6 heteroatoms. The van der Waals surface area contributed by atoms with Gasteiger partial charge in [0.05, 0.1) is 12.8 Å². The van der Waals surface area contributed by atoms with Crippen LogP contribution in [-0.2, 0) is 13.5 Å². The zero-order valence-corrected chi connectivity index (χ0v) is 12.5. The van der Waals surface area contributed by atoms with Crippen LogP contribution < -0.4 is 10.5 Å². The summed E-state index contributed by atoms with van der Waals surface area (Å²) < 4.78 is 7.64. The van der Waals surface area contributed by atoms with E-state index in [4.69, 9.17) is 15.7 Å². The van der Waals surface area contributed by atoms with Crippen molar-refractivity contribution in [3.05, 3.63) is 46.8 Å². The smallest absolute Gasteiger partial charge is 0.170 e. The van der Waals surface area contributed by atoms with Gasteiger partial charge in [-0.3, -0.25) is 4.68 Å². The molecule has 0 amide bonds. The Morgan fingerprint density at radius 1 is 1.38 bits per heavy atom. The van der Waals surface area contributed by atoms with E-state index >= 15 is 0 Å². The van der Waals surface area contributed by atoms with E-state index < -0.39 is 0 Å². The third-order valence-corrected chi connectivity index (χ3v) is 3.26. The number of nitrogens with two attached hydrogens (primary N) is 1. The molecule has 21 heavy (non-hydrogen) atoms. The second-order valence-corrected chi connectivity index (χ2v) is 5.05. The Morgan fingerprint density at radius 2 is 2.05 bits per heavy atom. The second kappa shape index (κ2) is 6.30. The normalized spacial score (nSPS) is 11.7. The minimum atomic E-state index is 0.100. The monoisotopic (exact) mass is 288 g/mol. The molecule has 112 valence electrons. The van der Waals surface area contributed by atoms with Gasteiger partial charge >= 0.3 is 0 Å². The molecule has 0 radical (unpaired) electrons. The molecule has 3 N–H and O–H groups in total. The van der Waals surface area contributed by atoms with E-state index in [1.54, 1.807) is 4.68 Å². The summed E-state index contributed by atoms with van der Waals surface area (Å²) in [6, 6.07) is 3.70. The van der Waals surface area contributed by atoms with E-state index in [1.807, 2.05) is 45.4 Å². The highest BCUT2D eigenvalue weighted by molar-refractivity contribution is 5.97. The summed E-state index contributed by atoms with van der Waals surface area (Å²) >= 11 is 0. The summed E-state index contributed by atoms with van der Waals surface area (Å²) in [7, 11) is 1.89. The zero-order chi connectivity index (χ0) is 15.4. The lowest BCUT2D eigenvalue weighted by atomic mass is 10.1. The lowest BCUT2D eigenvalue weighted by molar-refractivity contribution is 0.316. The van der Waals surface area contributed by atoms with E-state index in [0.717, 1.165) is 28.9 Å². The van der Waals surface area contributed by atoms with Gasteiger partial charge < -0.3 is 15.7 Å². The Morgan fingerprint density at radius 3 is 2.57 bits per heavy atom. The Balaban J connectivity index is 2.06. The van der Waals surface area contributed by atoms with Crippen molar-refractivity contribution in [3.63, 3.8) is 0 Å². The molecule has 0 spiro atoms. The van der Waals surface area contributed by atoms with Gasteiger partial charge in [0.15, 0.2) is 5.84 Å². The number of benzene rings is 1. The number of hydrogen-bond acceptors (Lipinski definition) is 4. The van der Waals surface area contributed by atoms with Gasteiger partial charge in [0.2, 0.25) is 0 Å². The summed E-state index contributed by atoms with van der Waals surface area (Å²) in [6.07, 6.45) is 4.61. The molecular weight excluding hydrogens is 268 g/mol. The molecule has 0 aliphatic carbocycles. The standard InChI is InChI=1S/C15H20N4O2/c1-10-6-13(15(16)18-20)7-11(2)14(10)21-5-4-12-8-17-19(3)9-12/h6-9,20H,4-5H2,1-3H3,(H2,16,18). The van der Waals surface area contributed by atoms with Gasteiger partial charge in [-0.2, -0.15) is 5.10 Å². The van der Waals surface area contributed by atoms with Crippen molar-refractivity contribution in [2.45, 2.75) is 20.3 Å². The molecule has 2 rings (SSSR count). The van der Waals surface area contributed by atoms with Crippen LogP contribution in [0.4, 0.5) is 0 Å². The van der Waals surface area contributed by atoms with Crippen LogP contribution in [0.3, 0.4) is 0 Å². The molecule has 1 heterocycles. The SMILES string of the molecule is Cc1cc(/C(N)=N/O)cc(C)c1OCCc1cnn(C)c1. The van der Waals surface area contributed by atoms with Gasteiger partial charge in [-0.15, -0.1) is 0 Å². The fourth-order valence-electron chi connectivity index (χ4n) is 2.26. The highest BCUT2D eigenvalue weighted by atomic mass is 16.5. The Hall–Kier alpha value is -2.50. The largest absolute Gasteiger partial charge is 0.493 e. The van der Waals surface area contributed by atoms with Crippen LogP contribution in [0.15, 0.2) is 29.7 Å². The maximum atomic E-state index is 8.73. The number of rotatable bonds is 5. The summed E-state index contributed by atoms with van der Waals surface area (Å²) in [5.41, 5.74) is 9.36. The van der Waals surface area contributed by atoms with Gasteiger partial charge in [0.1, 0.15) is 5.75 Å².